The van der Waals surface area contributed by atoms with Crippen molar-refractivity contribution >= 4 is 65.4 Å². The molecule has 0 aliphatic rings. The Balaban J connectivity index is 1.88. The normalized spacial score (nSPS) is 11.5. The SMILES string of the molecule is N#Cc1ccc2[nH]c3c4[nH]c5ccc(C#N)cc5c4c4c5cccc(C#N)c5[nH]c4c3c2c1. The lowest BCUT2D eigenvalue weighted by molar-refractivity contribution is 1.48. The van der Waals surface area contributed by atoms with Crippen LogP contribution >= 0.6 is 0 Å². The Labute approximate surface area is 185 Å². The fraction of sp³-hybridized carbons (Fsp3) is 0. The van der Waals surface area contributed by atoms with Gasteiger partial charge in [-0.25, -0.2) is 0 Å². The maximum absolute atomic E-state index is 9.73. The van der Waals surface area contributed by atoms with Gasteiger partial charge in [-0.05, 0) is 42.5 Å². The van der Waals surface area contributed by atoms with Gasteiger partial charge in [-0.2, -0.15) is 15.8 Å². The summed E-state index contributed by atoms with van der Waals surface area (Å²) in [5.74, 6) is 0. The van der Waals surface area contributed by atoms with Crippen LogP contribution in [0.1, 0.15) is 16.7 Å². The largest absolute Gasteiger partial charge is 0.353 e. The van der Waals surface area contributed by atoms with Crippen LogP contribution in [-0.4, -0.2) is 15.0 Å². The van der Waals surface area contributed by atoms with Crippen LogP contribution in [0.25, 0.3) is 65.4 Å². The number of hydrogen-bond donors (Lipinski definition) is 3. The Hall–Kier alpha value is -5.25. The number of H-pyrrole nitrogens is 3. The van der Waals surface area contributed by atoms with Gasteiger partial charge in [-0.3, -0.25) is 0 Å². The summed E-state index contributed by atoms with van der Waals surface area (Å²) in [5.41, 5.74) is 7.13. The molecule has 0 aliphatic carbocycles. The van der Waals surface area contributed by atoms with Crippen molar-refractivity contribution in [2.24, 2.45) is 0 Å². The van der Waals surface area contributed by atoms with Gasteiger partial charge >= 0.3 is 0 Å². The molecule has 0 spiro atoms. The zero-order chi connectivity index (χ0) is 22.3. The molecule has 0 aliphatic heterocycles. The molecule has 7 rings (SSSR count). The van der Waals surface area contributed by atoms with Crippen molar-refractivity contribution in [3.05, 3.63) is 71.3 Å². The van der Waals surface area contributed by atoms with E-state index in [1.165, 1.54) is 0 Å². The summed E-state index contributed by atoms with van der Waals surface area (Å²) in [4.78, 5) is 10.6. The maximum Gasteiger partial charge on any atom is 0.101 e. The second-order valence-electron chi connectivity index (χ2n) is 8.21. The van der Waals surface area contributed by atoms with Crippen LogP contribution in [0.5, 0.6) is 0 Å². The first-order valence-corrected chi connectivity index (χ1v) is 10.4. The number of hydrogen-bond acceptors (Lipinski definition) is 3. The van der Waals surface area contributed by atoms with Crippen molar-refractivity contribution < 1.29 is 0 Å². The zero-order valence-corrected chi connectivity index (χ0v) is 17.0. The van der Waals surface area contributed by atoms with E-state index in [4.69, 9.17) is 0 Å². The number of aromatic amines is 3. The Morgan fingerprint density at radius 3 is 1.76 bits per heavy atom. The van der Waals surface area contributed by atoms with E-state index in [0.29, 0.717) is 16.7 Å². The van der Waals surface area contributed by atoms with Crippen LogP contribution in [0.15, 0.2) is 54.6 Å². The lowest BCUT2D eigenvalue weighted by Gasteiger charge is -2.01. The van der Waals surface area contributed by atoms with Crippen molar-refractivity contribution in [1.82, 2.24) is 15.0 Å². The summed E-state index contributed by atoms with van der Waals surface area (Å²) in [5, 5.41) is 34.5. The highest BCUT2D eigenvalue weighted by Gasteiger charge is 2.22. The van der Waals surface area contributed by atoms with Crippen molar-refractivity contribution in [2.75, 3.05) is 0 Å². The van der Waals surface area contributed by atoms with E-state index in [1.54, 1.807) is 18.2 Å². The molecule has 6 heteroatoms. The van der Waals surface area contributed by atoms with E-state index in [9.17, 15) is 15.8 Å². The first kappa shape index (κ1) is 17.4. The molecule has 0 fully saturated rings. The number of fused-ring (bicyclic) bond motifs is 12. The monoisotopic (exact) mass is 420 g/mol. The van der Waals surface area contributed by atoms with Crippen molar-refractivity contribution in [2.45, 2.75) is 0 Å². The maximum atomic E-state index is 9.73. The third kappa shape index (κ3) is 2.08. The van der Waals surface area contributed by atoms with Crippen LogP contribution in [0.3, 0.4) is 0 Å². The average Bonchev–Trinajstić information content (AvgIpc) is 3.53. The Morgan fingerprint density at radius 1 is 0.515 bits per heavy atom. The third-order valence-corrected chi connectivity index (χ3v) is 6.56. The second kappa shape index (κ2) is 5.92. The quantitative estimate of drug-likeness (QED) is 0.271. The Kier molecular flexibility index (Phi) is 3.13. The molecule has 6 nitrogen and oxygen atoms in total. The molecule has 0 bridgehead atoms. The Morgan fingerprint density at radius 2 is 1.12 bits per heavy atom. The van der Waals surface area contributed by atoms with Gasteiger partial charge in [0.15, 0.2) is 0 Å². The molecular formula is C27H12N6. The fourth-order valence-corrected chi connectivity index (χ4v) is 5.18. The number of nitrogens with one attached hydrogen (secondary N) is 3. The van der Waals surface area contributed by atoms with Crippen LogP contribution in [0.2, 0.25) is 0 Å². The molecule has 7 aromatic rings. The summed E-state index contributed by atoms with van der Waals surface area (Å²) in [7, 11) is 0. The smallest absolute Gasteiger partial charge is 0.101 e. The third-order valence-electron chi connectivity index (χ3n) is 6.56. The van der Waals surface area contributed by atoms with Crippen molar-refractivity contribution in [3.63, 3.8) is 0 Å². The van der Waals surface area contributed by atoms with Gasteiger partial charge in [0.2, 0.25) is 0 Å². The molecule has 0 amide bonds. The zero-order valence-electron chi connectivity index (χ0n) is 17.0. The predicted octanol–water partition coefficient (Wildman–Crippen LogP) is 6.21. The highest BCUT2D eigenvalue weighted by Crippen LogP contribution is 2.44. The topological polar surface area (TPSA) is 119 Å². The van der Waals surface area contributed by atoms with Gasteiger partial charge in [-0.1, -0.05) is 12.1 Å². The van der Waals surface area contributed by atoms with E-state index in [-0.39, 0.29) is 0 Å². The molecule has 0 saturated carbocycles. The van der Waals surface area contributed by atoms with Gasteiger partial charge in [0, 0.05) is 43.4 Å². The number of benzene rings is 4. The van der Waals surface area contributed by atoms with E-state index in [0.717, 1.165) is 65.4 Å². The van der Waals surface area contributed by atoms with Crippen LogP contribution in [0.4, 0.5) is 0 Å². The van der Waals surface area contributed by atoms with Crippen LogP contribution in [0, 0.1) is 34.0 Å². The predicted molar refractivity (Wildman–Crippen MR) is 129 cm³/mol. The molecule has 3 aromatic heterocycles. The molecule has 0 saturated heterocycles. The van der Waals surface area contributed by atoms with Gasteiger partial charge in [0.05, 0.1) is 50.9 Å². The minimum absolute atomic E-state index is 0.570. The molecule has 150 valence electrons. The number of rotatable bonds is 0. The van der Waals surface area contributed by atoms with Gasteiger partial charge in [0.1, 0.15) is 6.07 Å². The Bertz CT molecular complexity index is 2110. The lowest BCUT2D eigenvalue weighted by Crippen LogP contribution is -1.78. The highest BCUT2D eigenvalue weighted by atomic mass is 14.8. The lowest BCUT2D eigenvalue weighted by atomic mass is 10.00. The first-order valence-electron chi connectivity index (χ1n) is 10.4. The van der Waals surface area contributed by atoms with Crippen LogP contribution in [-0.2, 0) is 0 Å². The minimum Gasteiger partial charge on any atom is -0.353 e. The summed E-state index contributed by atoms with van der Waals surface area (Å²) in [6, 6.07) is 23.7. The van der Waals surface area contributed by atoms with Gasteiger partial charge in [-0.15, -0.1) is 0 Å². The van der Waals surface area contributed by atoms with Crippen molar-refractivity contribution in [3.8, 4) is 18.2 Å². The van der Waals surface area contributed by atoms with Crippen molar-refractivity contribution in [1.29, 1.82) is 15.8 Å². The van der Waals surface area contributed by atoms with Gasteiger partial charge in [0.25, 0.3) is 0 Å². The van der Waals surface area contributed by atoms with E-state index in [2.05, 4.69) is 33.2 Å². The fourth-order valence-electron chi connectivity index (χ4n) is 5.18. The molecule has 33 heavy (non-hydrogen) atoms. The summed E-state index contributed by atoms with van der Waals surface area (Å²) >= 11 is 0. The van der Waals surface area contributed by atoms with E-state index >= 15 is 0 Å². The van der Waals surface area contributed by atoms with E-state index < -0.39 is 0 Å². The van der Waals surface area contributed by atoms with Gasteiger partial charge < -0.3 is 15.0 Å². The number of nitrogens with zero attached hydrogens (tertiary/aromatic N) is 3. The summed E-state index contributed by atoms with van der Waals surface area (Å²) in [6.45, 7) is 0. The standard InChI is InChI=1S/C27H12N6/c28-10-13-4-6-19-17(8-13)22-21-16-3-1-2-15(12-30)24(16)33-25(21)23-18-9-14(11-29)5-7-20(18)32-27(23)26(22)31-19/h1-9,31-33H. The number of aromatic nitrogens is 3. The molecule has 0 atom stereocenters. The molecule has 0 unspecified atom stereocenters. The summed E-state index contributed by atoms with van der Waals surface area (Å²) in [6.07, 6.45) is 0. The average molecular weight is 420 g/mol. The molecule has 0 radical (unpaired) electrons. The molecule has 4 aromatic carbocycles. The minimum atomic E-state index is 0.570. The van der Waals surface area contributed by atoms with Crippen LogP contribution < -0.4 is 0 Å². The first-order chi connectivity index (χ1) is 16.2. The molecule has 3 heterocycles. The van der Waals surface area contributed by atoms with E-state index in [1.807, 2.05) is 36.4 Å². The number of nitriles is 3. The molecule has 3 N–H and O–H groups in total. The highest BCUT2D eigenvalue weighted by molar-refractivity contribution is 6.39. The number of para-hydroxylation sites is 1. The molecular weight excluding hydrogens is 408 g/mol. The second-order valence-corrected chi connectivity index (χ2v) is 8.21. The summed E-state index contributed by atoms with van der Waals surface area (Å²) < 4.78 is 0.